The Labute approximate surface area is 162 Å². The molecule has 3 rings (SSSR count). The summed E-state index contributed by atoms with van der Waals surface area (Å²) < 4.78 is 40.1. The van der Waals surface area contributed by atoms with Crippen LogP contribution in [0.25, 0.3) is 0 Å². The zero-order valence-electron chi connectivity index (χ0n) is 15.0. The van der Waals surface area contributed by atoms with Crippen LogP contribution < -0.4 is 10.0 Å². The van der Waals surface area contributed by atoms with Crippen LogP contribution in [0.1, 0.15) is 29.0 Å². The Balaban J connectivity index is 1.70. The molecule has 0 spiro atoms. The maximum Gasteiger partial charge on any atom is 0.261 e. The summed E-state index contributed by atoms with van der Waals surface area (Å²) in [7, 11) is -3.85. The summed E-state index contributed by atoms with van der Waals surface area (Å²) in [5.41, 5.74) is 1.29. The SMILES string of the molecule is C[C@H](NC(=O)c1ccc(S(=O)(=O)Nc2ccc(F)cc2)cc1)c1ccccn1. The van der Waals surface area contributed by atoms with E-state index in [4.69, 9.17) is 0 Å². The molecular formula is C20H18FN3O3S. The first kappa shape index (κ1) is 19.5. The van der Waals surface area contributed by atoms with E-state index in [-0.39, 0.29) is 22.5 Å². The van der Waals surface area contributed by atoms with Gasteiger partial charge in [0.25, 0.3) is 15.9 Å². The van der Waals surface area contributed by atoms with Crippen LogP contribution in [0.5, 0.6) is 0 Å². The van der Waals surface area contributed by atoms with Crippen molar-refractivity contribution in [1.29, 1.82) is 0 Å². The van der Waals surface area contributed by atoms with E-state index in [1.165, 1.54) is 36.4 Å². The molecule has 1 amide bonds. The van der Waals surface area contributed by atoms with Gasteiger partial charge in [0.1, 0.15) is 5.82 Å². The number of carbonyl (C=O) groups is 1. The van der Waals surface area contributed by atoms with Gasteiger partial charge in [-0.05, 0) is 67.6 Å². The molecule has 1 aromatic heterocycles. The quantitative estimate of drug-likeness (QED) is 0.664. The smallest absolute Gasteiger partial charge is 0.261 e. The minimum atomic E-state index is -3.85. The lowest BCUT2D eigenvalue weighted by atomic mass is 10.1. The highest BCUT2D eigenvalue weighted by Gasteiger charge is 2.16. The van der Waals surface area contributed by atoms with Crippen molar-refractivity contribution in [3.8, 4) is 0 Å². The Morgan fingerprint density at radius 1 is 1.00 bits per heavy atom. The first-order chi connectivity index (χ1) is 13.3. The van der Waals surface area contributed by atoms with Gasteiger partial charge < -0.3 is 5.32 Å². The first-order valence-electron chi connectivity index (χ1n) is 8.45. The lowest BCUT2D eigenvalue weighted by molar-refractivity contribution is 0.0939. The van der Waals surface area contributed by atoms with Crippen LogP contribution in [-0.4, -0.2) is 19.3 Å². The van der Waals surface area contributed by atoms with Gasteiger partial charge in [-0.1, -0.05) is 6.07 Å². The number of amides is 1. The number of hydrogen-bond acceptors (Lipinski definition) is 4. The summed E-state index contributed by atoms with van der Waals surface area (Å²) in [4.78, 5) is 16.6. The Morgan fingerprint density at radius 2 is 1.68 bits per heavy atom. The topological polar surface area (TPSA) is 88.2 Å². The molecule has 2 N–H and O–H groups in total. The van der Waals surface area contributed by atoms with Gasteiger partial charge in [-0.2, -0.15) is 0 Å². The van der Waals surface area contributed by atoms with Crippen molar-refractivity contribution in [3.63, 3.8) is 0 Å². The Kier molecular flexibility index (Phi) is 5.70. The van der Waals surface area contributed by atoms with Crippen molar-refractivity contribution in [2.24, 2.45) is 0 Å². The van der Waals surface area contributed by atoms with E-state index in [0.717, 1.165) is 17.8 Å². The highest BCUT2D eigenvalue weighted by molar-refractivity contribution is 7.92. The third kappa shape index (κ3) is 4.72. The lowest BCUT2D eigenvalue weighted by Crippen LogP contribution is -2.27. The van der Waals surface area contributed by atoms with Crippen molar-refractivity contribution in [1.82, 2.24) is 10.3 Å². The summed E-state index contributed by atoms with van der Waals surface area (Å²) >= 11 is 0. The van der Waals surface area contributed by atoms with Gasteiger partial charge in [0.15, 0.2) is 0 Å². The molecule has 0 aliphatic carbocycles. The predicted octanol–water partition coefficient (Wildman–Crippen LogP) is 3.51. The van der Waals surface area contributed by atoms with Crippen LogP contribution in [0, 0.1) is 5.82 Å². The number of carbonyl (C=O) groups excluding carboxylic acids is 1. The highest BCUT2D eigenvalue weighted by atomic mass is 32.2. The first-order valence-corrected chi connectivity index (χ1v) is 9.94. The van der Waals surface area contributed by atoms with E-state index in [9.17, 15) is 17.6 Å². The lowest BCUT2D eigenvalue weighted by Gasteiger charge is -2.13. The number of anilines is 1. The fourth-order valence-electron chi connectivity index (χ4n) is 2.50. The summed E-state index contributed by atoms with van der Waals surface area (Å²) in [6.07, 6.45) is 1.64. The van der Waals surface area contributed by atoms with Crippen LogP contribution in [0.4, 0.5) is 10.1 Å². The van der Waals surface area contributed by atoms with Gasteiger partial charge in [-0.3, -0.25) is 14.5 Å². The maximum absolute atomic E-state index is 12.9. The molecule has 0 saturated heterocycles. The summed E-state index contributed by atoms with van der Waals surface area (Å²) in [6.45, 7) is 1.81. The predicted molar refractivity (Wildman–Crippen MR) is 104 cm³/mol. The van der Waals surface area contributed by atoms with Crippen LogP contribution in [0.15, 0.2) is 77.8 Å². The van der Waals surface area contributed by atoms with E-state index in [0.29, 0.717) is 5.56 Å². The van der Waals surface area contributed by atoms with Crippen molar-refractivity contribution in [2.45, 2.75) is 17.9 Å². The second kappa shape index (κ2) is 8.18. The third-order valence-corrected chi connectivity index (χ3v) is 5.40. The zero-order valence-corrected chi connectivity index (χ0v) is 15.8. The number of nitrogens with zero attached hydrogens (tertiary/aromatic N) is 1. The van der Waals surface area contributed by atoms with Gasteiger partial charge >= 0.3 is 0 Å². The minimum Gasteiger partial charge on any atom is -0.344 e. The van der Waals surface area contributed by atoms with E-state index < -0.39 is 15.8 Å². The van der Waals surface area contributed by atoms with Crippen LogP contribution in [-0.2, 0) is 10.0 Å². The molecule has 1 atom stereocenters. The van der Waals surface area contributed by atoms with E-state index >= 15 is 0 Å². The Hall–Kier alpha value is -3.26. The zero-order chi connectivity index (χ0) is 20.1. The largest absolute Gasteiger partial charge is 0.344 e. The Morgan fingerprint density at radius 3 is 2.29 bits per heavy atom. The number of halogens is 1. The summed E-state index contributed by atoms with van der Waals surface area (Å²) in [5.74, 6) is -0.799. The van der Waals surface area contributed by atoms with E-state index in [2.05, 4.69) is 15.0 Å². The standard InChI is InChI=1S/C20H18FN3O3S/c1-14(19-4-2-3-13-22-19)23-20(25)15-5-11-18(12-6-15)28(26,27)24-17-9-7-16(21)8-10-17/h2-14,24H,1H3,(H,23,25)/t14-/m0/s1. The van der Waals surface area contributed by atoms with Crippen LogP contribution in [0.2, 0.25) is 0 Å². The fourth-order valence-corrected chi connectivity index (χ4v) is 3.56. The van der Waals surface area contributed by atoms with E-state index in [1.54, 1.807) is 12.3 Å². The number of aromatic nitrogens is 1. The van der Waals surface area contributed by atoms with Crippen molar-refractivity contribution in [2.75, 3.05) is 4.72 Å². The molecule has 8 heteroatoms. The van der Waals surface area contributed by atoms with Crippen molar-refractivity contribution < 1.29 is 17.6 Å². The average molecular weight is 399 g/mol. The number of benzene rings is 2. The molecule has 0 aliphatic rings. The van der Waals surface area contributed by atoms with Gasteiger partial charge in [-0.25, -0.2) is 12.8 Å². The highest BCUT2D eigenvalue weighted by Crippen LogP contribution is 2.17. The molecule has 144 valence electrons. The third-order valence-electron chi connectivity index (χ3n) is 4.00. The summed E-state index contributed by atoms with van der Waals surface area (Å²) in [6, 6.07) is 15.6. The average Bonchev–Trinajstić information content (AvgIpc) is 2.70. The monoisotopic (exact) mass is 399 g/mol. The van der Waals surface area contributed by atoms with Crippen molar-refractivity contribution >= 4 is 21.6 Å². The molecule has 0 bridgehead atoms. The van der Waals surface area contributed by atoms with Crippen LogP contribution >= 0.6 is 0 Å². The van der Waals surface area contributed by atoms with Crippen molar-refractivity contribution in [3.05, 3.63) is 90.0 Å². The second-order valence-corrected chi connectivity index (χ2v) is 7.77. The normalized spacial score (nSPS) is 12.2. The van der Waals surface area contributed by atoms with E-state index in [1.807, 2.05) is 19.1 Å². The number of sulfonamides is 1. The van der Waals surface area contributed by atoms with Gasteiger partial charge in [0.2, 0.25) is 0 Å². The van der Waals surface area contributed by atoms with Gasteiger partial charge in [0.05, 0.1) is 16.6 Å². The number of pyridine rings is 1. The molecule has 3 aromatic rings. The molecule has 0 fully saturated rings. The maximum atomic E-state index is 12.9. The second-order valence-electron chi connectivity index (χ2n) is 6.09. The molecule has 28 heavy (non-hydrogen) atoms. The molecule has 2 aromatic carbocycles. The number of hydrogen-bond donors (Lipinski definition) is 2. The molecule has 0 saturated carbocycles. The minimum absolute atomic E-state index is 0.00819. The van der Waals surface area contributed by atoms with Gasteiger partial charge in [-0.15, -0.1) is 0 Å². The summed E-state index contributed by atoms with van der Waals surface area (Å²) in [5, 5.41) is 2.81. The van der Waals surface area contributed by atoms with Crippen LogP contribution in [0.3, 0.4) is 0 Å². The molecule has 6 nitrogen and oxygen atoms in total. The Bertz CT molecular complexity index is 1050. The van der Waals surface area contributed by atoms with Gasteiger partial charge in [0, 0.05) is 17.4 Å². The number of rotatable bonds is 6. The molecule has 0 radical (unpaired) electrons. The molecule has 0 unspecified atom stereocenters. The molecule has 1 heterocycles. The molecular weight excluding hydrogens is 381 g/mol. The molecule has 0 aliphatic heterocycles. The number of nitrogens with one attached hydrogen (secondary N) is 2. The fraction of sp³-hybridized carbons (Fsp3) is 0.100.